The van der Waals surface area contributed by atoms with Crippen LogP contribution in [0.3, 0.4) is 0 Å². The number of nitrogens with zero attached hydrogens (tertiary/aromatic N) is 3. The molecule has 1 amide bonds. The van der Waals surface area contributed by atoms with Crippen LogP contribution in [0.4, 0.5) is 0 Å². The maximum Gasteiger partial charge on any atom is 0.289 e. The van der Waals surface area contributed by atoms with Gasteiger partial charge in [0.05, 0.1) is 6.26 Å². The van der Waals surface area contributed by atoms with E-state index in [-0.39, 0.29) is 11.9 Å². The summed E-state index contributed by atoms with van der Waals surface area (Å²) in [6.45, 7) is 4.36. The monoisotopic (exact) mass is 359 g/mol. The fourth-order valence-corrected chi connectivity index (χ4v) is 2.55. The summed E-state index contributed by atoms with van der Waals surface area (Å²) in [7, 11) is 0. The Balaban J connectivity index is 1.67. The van der Waals surface area contributed by atoms with Gasteiger partial charge < -0.3 is 13.8 Å². The average molecular weight is 360 g/mol. The van der Waals surface area contributed by atoms with Gasteiger partial charge in [-0.3, -0.25) is 4.79 Å². The summed E-state index contributed by atoms with van der Waals surface area (Å²) in [6.07, 6.45) is 1.95. The zero-order valence-electron chi connectivity index (χ0n) is 14.0. The third-order valence-corrected chi connectivity index (χ3v) is 4.01. The van der Waals surface area contributed by atoms with Crippen LogP contribution in [0.25, 0.3) is 11.4 Å². The highest BCUT2D eigenvalue weighted by Gasteiger charge is 2.21. The van der Waals surface area contributed by atoms with Crippen LogP contribution in [0, 0.1) is 0 Å². The number of amides is 1. The van der Waals surface area contributed by atoms with E-state index in [1.165, 1.54) is 6.26 Å². The highest BCUT2D eigenvalue weighted by molar-refractivity contribution is 6.30. The number of halogens is 1. The van der Waals surface area contributed by atoms with Gasteiger partial charge in [-0.05, 0) is 50.2 Å². The van der Waals surface area contributed by atoms with Gasteiger partial charge in [0.25, 0.3) is 5.91 Å². The van der Waals surface area contributed by atoms with Crippen LogP contribution >= 0.6 is 11.6 Å². The molecule has 0 spiro atoms. The lowest BCUT2D eigenvalue weighted by Crippen LogP contribution is -2.38. The zero-order valence-corrected chi connectivity index (χ0v) is 14.7. The van der Waals surface area contributed by atoms with Crippen LogP contribution in [0.1, 0.15) is 30.3 Å². The van der Waals surface area contributed by atoms with E-state index < -0.39 is 0 Å². The van der Waals surface area contributed by atoms with Gasteiger partial charge in [0, 0.05) is 29.6 Å². The number of carbonyl (C=O) groups excluding carboxylic acids is 1. The summed E-state index contributed by atoms with van der Waals surface area (Å²) in [4.78, 5) is 18.6. The minimum atomic E-state index is -0.155. The number of benzene rings is 1. The molecule has 0 aliphatic rings. The van der Waals surface area contributed by atoms with Gasteiger partial charge >= 0.3 is 0 Å². The third kappa shape index (κ3) is 4.09. The van der Waals surface area contributed by atoms with Crippen molar-refractivity contribution in [2.75, 3.05) is 6.54 Å². The molecule has 0 saturated heterocycles. The van der Waals surface area contributed by atoms with Gasteiger partial charge in [-0.2, -0.15) is 4.98 Å². The molecule has 0 fully saturated rings. The molecule has 6 nitrogen and oxygen atoms in total. The maximum atomic E-state index is 12.5. The molecule has 0 unspecified atom stereocenters. The quantitative estimate of drug-likeness (QED) is 0.663. The van der Waals surface area contributed by atoms with Crippen molar-refractivity contribution in [3.05, 3.63) is 59.3 Å². The normalized spacial score (nSPS) is 11.0. The lowest BCUT2D eigenvalue weighted by molar-refractivity contribution is 0.0671. The minimum absolute atomic E-state index is 0.0243. The number of rotatable bonds is 6. The van der Waals surface area contributed by atoms with Crippen molar-refractivity contribution >= 4 is 17.5 Å². The smallest absolute Gasteiger partial charge is 0.289 e. The summed E-state index contributed by atoms with van der Waals surface area (Å²) in [6, 6.07) is 10.6. The van der Waals surface area contributed by atoms with Crippen molar-refractivity contribution in [2.24, 2.45) is 0 Å². The van der Waals surface area contributed by atoms with Crippen molar-refractivity contribution in [2.45, 2.75) is 26.3 Å². The summed E-state index contributed by atoms with van der Waals surface area (Å²) in [5, 5.41) is 4.63. The van der Waals surface area contributed by atoms with Crippen molar-refractivity contribution in [1.82, 2.24) is 15.0 Å². The molecule has 25 heavy (non-hydrogen) atoms. The molecule has 7 heteroatoms. The SMILES string of the molecule is CC(C)N(CCc1nc(-c2ccc(Cl)cc2)no1)C(=O)c1ccco1. The van der Waals surface area contributed by atoms with Crippen LogP contribution in [0.15, 0.2) is 51.6 Å². The number of hydrogen-bond acceptors (Lipinski definition) is 5. The Labute approximate surface area is 150 Å². The summed E-state index contributed by atoms with van der Waals surface area (Å²) < 4.78 is 10.5. The second-order valence-corrected chi connectivity index (χ2v) is 6.27. The fraction of sp³-hybridized carbons (Fsp3) is 0.278. The molecule has 0 saturated carbocycles. The molecule has 0 aliphatic heterocycles. The van der Waals surface area contributed by atoms with Gasteiger partial charge in [0.1, 0.15) is 0 Å². The lowest BCUT2D eigenvalue weighted by Gasteiger charge is -2.25. The summed E-state index contributed by atoms with van der Waals surface area (Å²) >= 11 is 5.88. The molecule has 3 aromatic rings. The molecule has 3 rings (SSSR count). The lowest BCUT2D eigenvalue weighted by atomic mass is 10.2. The Bertz CT molecular complexity index is 826. The maximum absolute atomic E-state index is 12.5. The van der Waals surface area contributed by atoms with E-state index in [4.69, 9.17) is 20.5 Å². The van der Waals surface area contributed by atoms with E-state index >= 15 is 0 Å². The molecule has 2 aromatic heterocycles. The van der Waals surface area contributed by atoms with E-state index in [0.717, 1.165) is 5.56 Å². The second-order valence-electron chi connectivity index (χ2n) is 5.84. The van der Waals surface area contributed by atoms with Gasteiger partial charge in [0.15, 0.2) is 5.76 Å². The van der Waals surface area contributed by atoms with Gasteiger partial charge in [0.2, 0.25) is 11.7 Å². The third-order valence-electron chi connectivity index (χ3n) is 3.75. The van der Waals surface area contributed by atoms with Crippen LogP contribution in [0.2, 0.25) is 5.02 Å². The molecule has 0 atom stereocenters. The Morgan fingerprint density at radius 3 is 2.64 bits per heavy atom. The van der Waals surface area contributed by atoms with Gasteiger partial charge in [-0.1, -0.05) is 16.8 Å². The highest BCUT2D eigenvalue weighted by atomic mass is 35.5. The molecule has 130 valence electrons. The van der Waals surface area contributed by atoms with E-state index in [1.807, 2.05) is 26.0 Å². The minimum Gasteiger partial charge on any atom is -0.459 e. The van der Waals surface area contributed by atoms with E-state index in [9.17, 15) is 4.79 Å². The van der Waals surface area contributed by atoms with Crippen LogP contribution in [0.5, 0.6) is 0 Å². The molecule has 0 aliphatic carbocycles. The zero-order chi connectivity index (χ0) is 17.8. The van der Waals surface area contributed by atoms with Crippen LogP contribution in [-0.4, -0.2) is 33.5 Å². The Kier molecular flexibility index (Phi) is 5.19. The summed E-state index contributed by atoms with van der Waals surface area (Å²) in [5.74, 6) is 1.14. The molecule has 1 aromatic carbocycles. The Morgan fingerprint density at radius 1 is 1.24 bits per heavy atom. The van der Waals surface area contributed by atoms with E-state index in [0.29, 0.717) is 35.5 Å². The predicted molar refractivity (Wildman–Crippen MR) is 93.3 cm³/mol. The predicted octanol–water partition coefficient (Wildman–Crippen LogP) is 4.08. The highest BCUT2D eigenvalue weighted by Crippen LogP contribution is 2.19. The topological polar surface area (TPSA) is 72.4 Å². The first-order valence-corrected chi connectivity index (χ1v) is 8.35. The van der Waals surface area contributed by atoms with Gasteiger partial charge in [-0.25, -0.2) is 0 Å². The molecule has 2 heterocycles. The number of furan rings is 1. The molecule has 0 radical (unpaired) electrons. The summed E-state index contributed by atoms with van der Waals surface area (Å²) in [5.41, 5.74) is 0.826. The van der Waals surface area contributed by atoms with E-state index in [1.54, 1.807) is 29.2 Å². The standard InChI is InChI=1S/C18H18ClN3O3/c1-12(2)22(18(23)15-4-3-11-24-15)10-9-16-20-17(21-25-16)13-5-7-14(19)8-6-13/h3-8,11-12H,9-10H2,1-2H3. The van der Waals surface area contributed by atoms with Crippen molar-refractivity contribution in [3.63, 3.8) is 0 Å². The average Bonchev–Trinajstić information content (AvgIpc) is 3.27. The molecular weight excluding hydrogens is 342 g/mol. The first kappa shape index (κ1) is 17.2. The molecular formula is C18H18ClN3O3. The second kappa shape index (κ2) is 7.53. The van der Waals surface area contributed by atoms with E-state index in [2.05, 4.69) is 10.1 Å². The molecule has 0 N–H and O–H groups in total. The molecule has 0 bridgehead atoms. The Hall–Kier alpha value is -2.60. The van der Waals surface area contributed by atoms with Crippen LogP contribution in [-0.2, 0) is 6.42 Å². The fourth-order valence-electron chi connectivity index (χ4n) is 2.42. The number of hydrogen-bond donors (Lipinski definition) is 0. The van der Waals surface area contributed by atoms with Crippen molar-refractivity contribution in [3.8, 4) is 11.4 Å². The largest absolute Gasteiger partial charge is 0.459 e. The number of aromatic nitrogens is 2. The first-order valence-electron chi connectivity index (χ1n) is 7.97. The number of carbonyl (C=O) groups is 1. The van der Waals surface area contributed by atoms with Gasteiger partial charge in [-0.15, -0.1) is 0 Å². The van der Waals surface area contributed by atoms with Crippen molar-refractivity contribution < 1.29 is 13.7 Å². The first-order chi connectivity index (χ1) is 12.0. The van der Waals surface area contributed by atoms with Crippen molar-refractivity contribution in [1.29, 1.82) is 0 Å². The van der Waals surface area contributed by atoms with Crippen LogP contribution < -0.4 is 0 Å². The Morgan fingerprint density at radius 2 is 2.00 bits per heavy atom.